The number of hydrogen-bond acceptors (Lipinski definition) is 8. The number of benzene rings is 1. The number of hydrogen-bond donors (Lipinski definition) is 3. The van der Waals surface area contributed by atoms with Gasteiger partial charge in [0.15, 0.2) is 0 Å². The van der Waals surface area contributed by atoms with Gasteiger partial charge in [-0.25, -0.2) is 4.98 Å². The third-order valence-electron chi connectivity index (χ3n) is 5.71. The number of methoxy groups -OCH3 is 2. The van der Waals surface area contributed by atoms with Crippen molar-refractivity contribution in [2.45, 2.75) is 24.8 Å². The molecule has 176 valence electrons. The molecule has 0 aliphatic carbocycles. The van der Waals surface area contributed by atoms with E-state index in [0.29, 0.717) is 29.4 Å². The molecule has 3 N–H and O–H groups in total. The number of aliphatic hydroxyl groups excluding tert-OH is 1. The van der Waals surface area contributed by atoms with Crippen molar-refractivity contribution in [1.82, 2.24) is 19.9 Å². The number of nitrogens with zero attached hydrogens (tertiary/aromatic N) is 3. The number of fused-ring (bicyclic) bond motifs is 1. The average Bonchev–Trinajstić information content (AvgIpc) is 3.30. The second kappa shape index (κ2) is 10.8. The Kier molecular flexibility index (Phi) is 7.34. The van der Waals surface area contributed by atoms with Crippen LogP contribution in [0.3, 0.4) is 0 Å². The van der Waals surface area contributed by atoms with E-state index in [-0.39, 0.29) is 6.61 Å². The Bertz CT molecular complexity index is 1240. The lowest BCUT2D eigenvalue weighted by Gasteiger charge is -2.25. The molecule has 34 heavy (non-hydrogen) atoms. The fourth-order valence-electron chi connectivity index (χ4n) is 3.96. The average molecular weight is 462 g/mol. The summed E-state index contributed by atoms with van der Waals surface area (Å²) in [4.78, 5) is 28.8. The molecule has 4 rings (SSSR count). The molecule has 9 heteroatoms. The van der Waals surface area contributed by atoms with Gasteiger partial charge in [-0.3, -0.25) is 9.97 Å². The van der Waals surface area contributed by atoms with Crippen LogP contribution >= 0.6 is 0 Å². The number of carbonyl (C=O) groups is 1. The van der Waals surface area contributed by atoms with Crippen LogP contribution in [0.4, 0.5) is 5.69 Å². The number of aromatic nitrogens is 4. The first kappa shape index (κ1) is 23.2. The molecule has 0 spiro atoms. The molecule has 0 saturated carbocycles. The van der Waals surface area contributed by atoms with Gasteiger partial charge >= 0.3 is 0 Å². The fraction of sp³-hybridized carbons (Fsp3) is 0.280. The third kappa shape index (κ3) is 4.99. The second-order valence-corrected chi connectivity index (χ2v) is 7.83. The molecular weight excluding hydrogens is 434 g/mol. The normalized spacial score (nSPS) is 12.8. The van der Waals surface area contributed by atoms with E-state index in [9.17, 15) is 9.90 Å². The van der Waals surface area contributed by atoms with Crippen LogP contribution in [0.25, 0.3) is 10.9 Å². The number of aliphatic hydroxyl groups is 1. The number of pyridine rings is 1. The Morgan fingerprint density at radius 2 is 2.00 bits per heavy atom. The molecule has 4 aromatic rings. The first-order valence-corrected chi connectivity index (χ1v) is 10.9. The van der Waals surface area contributed by atoms with E-state index in [1.54, 1.807) is 31.8 Å². The summed E-state index contributed by atoms with van der Waals surface area (Å²) in [6, 6.07) is 7.36. The lowest BCUT2D eigenvalue weighted by Crippen LogP contribution is -2.22. The number of rotatable bonds is 11. The first-order valence-electron chi connectivity index (χ1n) is 10.9. The molecule has 9 nitrogen and oxygen atoms in total. The van der Waals surface area contributed by atoms with Crippen LogP contribution in [0.2, 0.25) is 0 Å². The van der Waals surface area contributed by atoms with Crippen molar-refractivity contribution < 1.29 is 19.4 Å². The summed E-state index contributed by atoms with van der Waals surface area (Å²) in [7, 11) is 3.09. The van der Waals surface area contributed by atoms with Crippen LogP contribution in [0.5, 0.6) is 11.6 Å². The van der Waals surface area contributed by atoms with Crippen molar-refractivity contribution in [2.75, 3.05) is 26.1 Å². The van der Waals surface area contributed by atoms with Gasteiger partial charge in [0, 0.05) is 29.8 Å². The van der Waals surface area contributed by atoms with Gasteiger partial charge in [-0.05, 0) is 36.1 Å². The number of aryl methyl sites for hydroxylation is 1. The summed E-state index contributed by atoms with van der Waals surface area (Å²) < 4.78 is 10.4. The van der Waals surface area contributed by atoms with Gasteiger partial charge < -0.3 is 29.7 Å². The zero-order chi connectivity index (χ0) is 23.9. The maximum absolute atomic E-state index is 12.6. The van der Waals surface area contributed by atoms with Gasteiger partial charge in [0.1, 0.15) is 12.0 Å². The maximum Gasteiger partial charge on any atom is 0.231 e. The second-order valence-electron chi connectivity index (χ2n) is 7.83. The minimum atomic E-state index is -0.587. The van der Waals surface area contributed by atoms with E-state index in [0.717, 1.165) is 34.7 Å². The molecular formula is C25H27N5O4. The van der Waals surface area contributed by atoms with Crippen LogP contribution in [0.1, 0.15) is 35.2 Å². The molecule has 0 aliphatic heterocycles. The molecule has 0 radical (unpaired) electrons. The van der Waals surface area contributed by atoms with Crippen molar-refractivity contribution in [3.8, 4) is 11.6 Å². The SMILES string of the molecule is COc1cncc(NC(c2cnc(OC)cn2)C(C=O)c2c[nH]c3ccc(CCCO)cc23)c1. The van der Waals surface area contributed by atoms with E-state index in [1.807, 2.05) is 18.3 Å². The number of aldehydes is 1. The molecule has 0 amide bonds. The van der Waals surface area contributed by atoms with Crippen LogP contribution < -0.4 is 14.8 Å². The molecule has 2 atom stereocenters. The number of ether oxygens (including phenoxy) is 2. The summed E-state index contributed by atoms with van der Waals surface area (Å²) in [6.07, 6.45) is 10.6. The molecule has 0 saturated heterocycles. The highest BCUT2D eigenvalue weighted by Gasteiger charge is 2.29. The quantitative estimate of drug-likeness (QED) is 0.290. The topological polar surface area (TPSA) is 122 Å². The first-order chi connectivity index (χ1) is 16.7. The summed E-state index contributed by atoms with van der Waals surface area (Å²) in [5.74, 6) is 0.386. The van der Waals surface area contributed by atoms with Crippen molar-refractivity contribution in [3.05, 3.63) is 72.1 Å². The van der Waals surface area contributed by atoms with Crippen LogP contribution in [0, 0.1) is 0 Å². The van der Waals surface area contributed by atoms with Gasteiger partial charge in [-0.2, -0.15) is 0 Å². The number of carbonyl (C=O) groups excluding carboxylic acids is 1. The predicted molar refractivity (Wildman–Crippen MR) is 128 cm³/mol. The number of nitrogens with one attached hydrogen (secondary N) is 2. The minimum Gasteiger partial charge on any atom is -0.495 e. The van der Waals surface area contributed by atoms with Crippen molar-refractivity contribution >= 4 is 22.9 Å². The third-order valence-corrected chi connectivity index (χ3v) is 5.71. The highest BCUT2D eigenvalue weighted by molar-refractivity contribution is 5.88. The van der Waals surface area contributed by atoms with E-state index >= 15 is 0 Å². The Balaban J connectivity index is 1.77. The van der Waals surface area contributed by atoms with Crippen LogP contribution in [0.15, 0.2) is 55.2 Å². The van der Waals surface area contributed by atoms with Gasteiger partial charge in [-0.1, -0.05) is 6.07 Å². The highest BCUT2D eigenvalue weighted by Crippen LogP contribution is 2.36. The van der Waals surface area contributed by atoms with Crippen molar-refractivity contribution in [2.24, 2.45) is 0 Å². The van der Waals surface area contributed by atoms with E-state index < -0.39 is 12.0 Å². The highest BCUT2D eigenvalue weighted by atomic mass is 16.5. The van der Waals surface area contributed by atoms with Crippen LogP contribution in [-0.2, 0) is 11.2 Å². The number of H-pyrrole nitrogens is 1. The minimum absolute atomic E-state index is 0.131. The van der Waals surface area contributed by atoms with Gasteiger partial charge in [0.05, 0.1) is 62.3 Å². The van der Waals surface area contributed by atoms with E-state index in [2.05, 4.69) is 31.3 Å². The summed E-state index contributed by atoms with van der Waals surface area (Å²) in [5.41, 5.74) is 4.11. The Morgan fingerprint density at radius 1 is 1.12 bits per heavy atom. The van der Waals surface area contributed by atoms with Gasteiger partial charge in [-0.15, -0.1) is 0 Å². The number of aromatic amines is 1. The lowest BCUT2D eigenvalue weighted by molar-refractivity contribution is -0.109. The van der Waals surface area contributed by atoms with Gasteiger partial charge in [0.2, 0.25) is 5.88 Å². The maximum atomic E-state index is 12.6. The summed E-state index contributed by atoms with van der Waals surface area (Å²) >= 11 is 0. The molecule has 0 bridgehead atoms. The summed E-state index contributed by atoms with van der Waals surface area (Å²) in [5, 5.41) is 13.5. The monoisotopic (exact) mass is 461 g/mol. The molecule has 1 aromatic carbocycles. The Labute approximate surface area is 197 Å². The fourth-order valence-corrected chi connectivity index (χ4v) is 3.96. The zero-order valence-electron chi connectivity index (χ0n) is 19.1. The molecule has 0 aliphatic rings. The van der Waals surface area contributed by atoms with E-state index in [4.69, 9.17) is 9.47 Å². The molecule has 0 fully saturated rings. The molecule has 3 heterocycles. The Morgan fingerprint density at radius 3 is 2.71 bits per heavy atom. The largest absolute Gasteiger partial charge is 0.495 e. The van der Waals surface area contributed by atoms with Crippen molar-refractivity contribution in [1.29, 1.82) is 0 Å². The molecule has 3 aromatic heterocycles. The predicted octanol–water partition coefficient (Wildman–Crippen LogP) is 3.43. The zero-order valence-corrected chi connectivity index (χ0v) is 19.1. The standard InChI is InChI=1S/C25H27N5O4/c1-33-18-9-17(10-26-11-18)30-25(23-13-29-24(34-2)14-28-23)21(15-32)20-12-27-22-6-5-16(4-3-7-31)8-19(20)22/h5-6,8-15,21,25,27,30-31H,3-4,7H2,1-2H3. The lowest BCUT2D eigenvalue weighted by atomic mass is 9.89. The van der Waals surface area contributed by atoms with Crippen molar-refractivity contribution in [3.63, 3.8) is 0 Å². The van der Waals surface area contributed by atoms with Crippen LogP contribution in [-0.4, -0.2) is 52.2 Å². The van der Waals surface area contributed by atoms with Gasteiger partial charge in [0.25, 0.3) is 0 Å². The smallest absolute Gasteiger partial charge is 0.231 e. The van der Waals surface area contributed by atoms with E-state index in [1.165, 1.54) is 13.3 Å². The number of anilines is 1. The Hall–Kier alpha value is -3.98. The summed E-state index contributed by atoms with van der Waals surface area (Å²) in [6.45, 7) is 0.131. The molecule has 2 unspecified atom stereocenters.